The zero-order chi connectivity index (χ0) is 9.94. The van der Waals surface area contributed by atoms with Gasteiger partial charge in [0.25, 0.3) is 0 Å². The van der Waals surface area contributed by atoms with Crippen LogP contribution in [0.5, 0.6) is 0 Å². The zero-order valence-electron chi connectivity index (χ0n) is 7.75. The lowest BCUT2D eigenvalue weighted by Gasteiger charge is -2.24. The van der Waals surface area contributed by atoms with Crippen LogP contribution in [0.2, 0.25) is 0 Å². The van der Waals surface area contributed by atoms with Crippen LogP contribution in [0.4, 0.5) is 0 Å². The molecule has 0 aliphatic rings. The van der Waals surface area contributed by atoms with Gasteiger partial charge in [0.1, 0.15) is 10.8 Å². The molecular formula is C7H15NO3S. The van der Waals surface area contributed by atoms with Gasteiger partial charge in [-0.3, -0.25) is 4.79 Å². The smallest absolute Gasteiger partial charge is 0.324 e. The Morgan fingerprint density at radius 3 is 2.25 bits per heavy atom. The van der Waals surface area contributed by atoms with Gasteiger partial charge in [0, 0.05) is 11.4 Å². The van der Waals surface area contributed by atoms with Crippen LogP contribution in [0, 0.1) is 0 Å². The number of carbonyl (C=O) groups is 1. The second-order valence-corrected chi connectivity index (χ2v) is 5.56. The molecule has 0 bridgehead atoms. The molecule has 5 heteroatoms. The number of aliphatic carboxylic acids is 1. The van der Waals surface area contributed by atoms with Gasteiger partial charge < -0.3 is 9.66 Å². The van der Waals surface area contributed by atoms with E-state index in [1.807, 2.05) is 0 Å². The van der Waals surface area contributed by atoms with Crippen LogP contribution >= 0.6 is 0 Å². The SMILES string of the molecule is CC(N[S@+]([O-])C(C)(C)C)C(=O)O. The van der Waals surface area contributed by atoms with Crippen molar-refractivity contribution in [3.8, 4) is 0 Å². The van der Waals surface area contributed by atoms with Gasteiger partial charge in [0.2, 0.25) is 0 Å². The summed E-state index contributed by atoms with van der Waals surface area (Å²) in [5, 5.41) is 8.50. The fourth-order valence-electron chi connectivity index (χ4n) is 0.388. The van der Waals surface area contributed by atoms with E-state index in [1.165, 1.54) is 6.92 Å². The number of rotatable bonds is 3. The highest BCUT2D eigenvalue weighted by atomic mass is 32.2. The predicted molar refractivity (Wildman–Crippen MR) is 48.1 cm³/mol. The van der Waals surface area contributed by atoms with E-state index in [2.05, 4.69) is 4.72 Å². The molecule has 0 aromatic rings. The highest BCUT2D eigenvalue weighted by molar-refractivity contribution is 7.90. The highest BCUT2D eigenvalue weighted by Crippen LogP contribution is 2.13. The Balaban J connectivity index is 4.01. The molecule has 4 nitrogen and oxygen atoms in total. The molecule has 0 heterocycles. The van der Waals surface area contributed by atoms with Crippen molar-refractivity contribution in [3.05, 3.63) is 0 Å². The topological polar surface area (TPSA) is 72.4 Å². The normalized spacial score (nSPS) is 17.1. The second-order valence-electron chi connectivity index (χ2n) is 3.56. The summed E-state index contributed by atoms with van der Waals surface area (Å²) in [6.07, 6.45) is 0. The second kappa shape index (κ2) is 4.11. The van der Waals surface area contributed by atoms with E-state index in [-0.39, 0.29) is 0 Å². The first kappa shape index (κ1) is 11.7. The van der Waals surface area contributed by atoms with Crippen molar-refractivity contribution >= 4 is 17.3 Å². The fraction of sp³-hybridized carbons (Fsp3) is 0.857. The molecular weight excluding hydrogens is 178 g/mol. The van der Waals surface area contributed by atoms with Crippen molar-refractivity contribution in [1.29, 1.82) is 0 Å². The first-order valence-corrected chi connectivity index (χ1v) is 4.81. The molecule has 1 unspecified atom stereocenters. The number of carboxylic acid groups (broad SMARTS) is 1. The average molecular weight is 193 g/mol. The third kappa shape index (κ3) is 3.94. The Morgan fingerprint density at radius 2 is 2.00 bits per heavy atom. The van der Waals surface area contributed by atoms with Crippen LogP contribution in [0.1, 0.15) is 27.7 Å². The summed E-state index contributed by atoms with van der Waals surface area (Å²) in [6, 6.07) is -0.773. The van der Waals surface area contributed by atoms with Gasteiger partial charge in [-0.2, -0.15) is 0 Å². The maximum Gasteiger partial charge on any atom is 0.324 e. The maximum absolute atomic E-state index is 11.3. The molecule has 0 aliphatic heterocycles. The number of nitrogens with one attached hydrogen (secondary N) is 1. The van der Waals surface area contributed by atoms with E-state index >= 15 is 0 Å². The molecule has 0 saturated carbocycles. The molecule has 0 amide bonds. The Kier molecular flexibility index (Phi) is 4.02. The molecule has 0 aromatic carbocycles. The van der Waals surface area contributed by atoms with Crippen LogP contribution in [0.3, 0.4) is 0 Å². The largest absolute Gasteiger partial charge is 0.598 e. The lowest BCUT2D eigenvalue weighted by Crippen LogP contribution is -2.46. The Morgan fingerprint density at radius 1 is 1.58 bits per heavy atom. The molecule has 2 atom stereocenters. The monoisotopic (exact) mass is 193 g/mol. The van der Waals surface area contributed by atoms with Crippen molar-refractivity contribution in [1.82, 2.24) is 4.72 Å². The van der Waals surface area contributed by atoms with Crippen LogP contribution in [0.15, 0.2) is 0 Å². The molecule has 0 fully saturated rings. The summed E-state index contributed by atoms with van der Waals surface area (Å²) in [6.45, 7) is 6.81. The summed E-state index contributed by atoms with van der Waals surface area (Å²) in [5.74, 6) is -0.993. The summed E-state index contributed by atoms with van der Waals surface area (Å²) >= 11 is -1.32. The zero-order valence-corrected chi connectivity index (χ0v) is 8.57. The van der Waals surface area contributed by atoms with Gasteiger partial charge in [0.05, 0.1) is 0 Å². The van der Waals surface area contributed by atoms with Gasteiger partial charge in [-0.1, -0.05) is 0 Å². The van der Waals surface area contributed by atoms with Crippen LogP contribution in [0.25, 0.3) is 0 Å². The third-order valence-electron chi connectivity index (χ3n) is 1.21. The molecule has 0 aliphatic carbocycles. The lowest BCUT2D eigenvalue weighted by atomic mass is 10.3. The summed E-state index contributed by atoms with van der Waals surface area (Å²) in [4.78, 5) is 10.4. The molecule has 0 spiro atoms. The molecule has 0 saturated heterocycles. The minimum Gasteiger partial charge on any atom is -0.598 e. The average Bonchev–Trinajstić information content (AvgIpc) is 1.85. The van der Waals surface area contributed by atoms with Crippen molar-refractivity contribution in [3.63, 3.8) is 0 Å². The quantitative estimate of drug-likeness (QED) is 0.641. The first-order chi connectivity index (χ1) is 5.25. The standard InChI is InChI=1S/C7H15NO3S/c1-5(6(9)10)8-12(11)7(2,3)4/h5,8H,1-4H3,(H,9,10)/t5?,12-/m1/s1. The third-order valence-corrected chi connectivity index (χ3v) is 2.89. The van der Waals surface area contributed by atoms with Gasteiger partial charge in [0.15, 0.2) is 0 Å². The minimum absolute atomic E-state index is 0.427. The molecule has 72 valence electrons. The van der Waals surface area contributed by atoms with Gasteiger partial charge in [-0.25, -0.2) is 0 Å². The van der Waals surface area contributed by atoms with E-state index < -0.39 is 28.1 Å². The van der Waals surface area contributed by atoms with Crippen LogP contribution in [-0.2, 0) is 16.2 Å². The summed E-state index contributed by atoms with van der Waals surface area (Å²) in [7, 11) is 0. The van der Waals surface area contributed by atoms with Gasteiger partial charge in [-0.05, 0) is 27.7 Å². The van der Waals surface area contributed by atoms with E-state index in [4.69, 9.17) is 5.11 Å². The molecule has 2 N–H and O–H groups in total. The Bertz CT molecular complexity index is 167. The van der Waals surface area contributed by atoms with Crippen molar-refractivity contribution in [2.75, 3.05) is 0 Å². The maximum atomic E-state index is 11.3. The summed E-state index contributed by atoms with van der Waals surface area (Å²) in [5.41, 5.74) is 0. The van der Waals surface area contributed by atoms with E-state index in [0.29, 0.717) is 0 Å². The summed E-state index contributed by atoms with van der Waals surface area (Å²) < 4.78 is 13.4. The van der Waals surface area contributed by atoms with E-state index in [1.54, 1.807) is 20.8 Å². The Hall–Kier alpha value is -0.260. The van der Waals surface area contributed by atoms with E-state index in [9.17, 15) is 9.35 Å². The highest BCUT2D eigenvalue weighted by Gasteiger charge is 2.29. The fourth-order valence-corrected chi connectivity index (χ4v) is 1.16. The van der Waals surface area contributed by atoms with Crippen molar-refractivity contribution in [2.45, 2.75) is 38.5 Å². The Labute approximate surface area is 75.7 Å². The molecule has 0 aromatic heterocycles. The number of hydrogen-bond acceptors (Lipinski definition) is 3. The van der Waals surface area contributed by atoms with Gasteiger partial charge >= 0.3 is 5.97 Å². The van der Waals surface area contributed by atoms with Crippen LogP contribution in [-0.4, -0.2) is 26.4 Å². The van der Waals surface area contributed by atoms with Crippen molar-refractivity contribution in [2.24, 2.45) is 0 Å². The lowest BCUT2D eigenvalue weighted by molar-refractivity contribution is -0.138. The first-order valence-electron chi connectivity index (χ1n) is 3.66. The minimum atomic E-state index is -1.32. The molecule has 12 heavy (non-hydrogen) atoms. The van der Waals surface area contributed by atoms with Crippen LogP contribution < -0.4 is 4.72 Å². The van der Waals surface area contributed by atoms with Crippen molar-refractivity contribution < 1.29 is 14.5 Å². The predicted octanol–water partition coefficient (Wildman–Crippen LogP) is 0.511. The van der Waals surface area contributed by atoms with Gasteiger partial charge in [-0.15, -0.1) is 4.72 Å². The molecule has 0 rings (SSSR count). The number of hydrogen-bond donors (Lipinski definition) is 2. The molecule has 0 radical (unpaired) electrons. The number of carboxylic acids is 1. The van der Waals surface area contributed by atoms with E-state index in [0.717, 1.165) is 0 Å².